The molecule has 170 valence electrons. The number of carbonyl (C=O) groups is 2. The molecule has 2 aromatic heterocycles. The molecule has 33 heavy (non-hydrogen) atoms. The maximum atomic E-state index is 15.0. The number of carboxylic acids is 1. The third-order valence-corrected chi connectivity index (χ3v) is 6.18. The monoisotopic (exact) mass is 458 g/mol. The van der Waals surface area contributed by atoms with E-state index in [1.54, 1.807) is 4.90 Å². The largest absolute Gasteiger partial charge is 0.477 e. The number of benzene rings is 1. The molecular weight excluding hydrogens is 441 g/mol. The van der Waals surface area contributed by atoms with Crippen molar-refractivity contribution in [3.8, 4) is 5.69 Å². The van der Waals surface area contributed by atoms with Crippen molar-refractivity contribution >= 4 is 28.7 Å². The molecule has 1 aliphatic carbocycles. The van der Waals surface area contributed by atoms with Crippen molar-refractivity contribution in [2.24, 2.45) is 11.8 Å². The zero-order chi connectivity index (χ0) is 23.6. The van der Waals surface area contributed by atoms with Crippen LogP contribution in [0.4, 0.5) is 19.0 Å². The first-order valence-electron chi connectivity index (χ1n) is 10.1. The van der Waals surface area contributed by atoms with E-state index < -0.39 is 34.4 Å². The van der Waals surface area contributed by atoms with Gasteiger partial charge in [0.05, 0.1) is 11.1 Å². The van der Waals surface area contributed by atoms with Crippen molar-refractivity contribution in [2.45, 2.75) is 13.0 Å². The number of pyridine rings is 2. The van der Waals surface area contributed by atoms with Crippen LogP contribution >= 0.6 is 0 Å². The minimum Gasteiger partial charge on any atom is -0.477 e. The fourth-order valence-electron chi connectivity index (χ4n) is 4.60. The number of hydrogen-bond donors (Lipinski definition) is 2. The second kappa shape index (κ2) is 7.32. The van der Waals surface area contributed by atoms with Gasteiger partial charge < -0.3 is 15.3 Å². The number of fused-ring (bicyclic) bond motifs is 2. The summed E-state index contributed by atoms with van der Waals surface area (Å²) in [5.74, 6) is -4.20. The van der Waals surface area contributed by atoms with Gasteiger partial charge in [0.1, 0.15) is 17.2 Å². The molecule has 3 heterocycles. The lowest BCUT2D eigenvalue weighted by atomic mass is 10.1. The molecule has 1 saturated heterocycles. The molecule has 3 atom stereocenters. The highest BCUT2D eigenvalue weighted by molar-refractivity contribution is 5.92. The summed E-state index contributed by atoms with van der Waals surface area (Å²) >= 11 is 0. The molecule has 0 bridgehead atoms. The van der Waals surface area contributed by atoms with Crippen molar-refractivity contribution in [2.75, 3.05) is 18.0 Å². The fourth-order valence-corrected chi connectivity index (χ4v) is 4.60. The van der Waals surface area contributed by atoms with E-state index in [0.29, 0.717) is 19.2 Å². The standard InChI is InChI=1S/C22H17F3N4O4/c1-9(30)26-18-12-6-28(7-13(12)18)21-16(25)5-11-19(31)14(22(32)33)8-29(20(11)27-21)17-3-2-10(23)4-15(17)24/h2-5,8,12-13,18H,6-7H2,1H3,(H,26,30)(H,32,33)/t12-,13+,18?. The van der Waals surface area contributed by atoms with E-state index in [2.05, 4.69) is 10.3 Å². The molecule has 1 amide bonds. The molecule has 2 fully saturated rings. The number of carboxylic acid groups (broad SMARTS) is 1. The Morgan fingerprint density at radius 2 is 1.82 bits per heavy atom. The van der Waals surface area contributed by atoms with Crippen molar-refractivity contribution in [3.05, 3.63) is 63.7 Å². The van der Waals surface area contributed by atoms with Crippen molar-refractivity contribution in [1.82, 2.24) is 14.9 Å². The Morgan fingerprint density at radius 1 is 1.12 bits per heavy atom. The molecule has 1 aromatic carbocycles. The van der Waals surface area contributed by atoms with Crippen molar-refractivity contribution < 1.29 is 27.9 Å². The van der Waals surface area contributed by atoms with Gasteiger partial charge in [-0.1, -0.05) is 0 Å². The van der Waals surface area contributed by atoms with E-state index in [-0.39, 0.29) is 46.3 Å². The Kier molecular flexibility index (Phi) is 4.66. The van der Waals surface area contributed by atoms with Crippen LogP contribution in [0.15, 0.2) is 35.3 Å². The first-order chi connectivity index (χ1) is 15.7. The summed E-state index contributed by atoms with van der Waals surface area (Å²) in [4.78, 5) is 41.5. The van der Waals surface area contributed by atoms with Gasteiger partial charge in [-0.05, 0) is 18.2 Å². The van der Waals surface area contributed by atoms with Crippen LogP contribution in [0.1, 0.15) is 17.3 Å². The summed E-state index contributed by atoms with van der Waals surface area (Å²) in [6.07, 6.45) is 0.895. The smallest absolute Gasteiger partial charge is 0.341 e. The van der Waals surface area contributed by atoms with Crippen LogP contribution in [0, 0.1) is 29.3 Å². The molecule has 0 spiro atoms. The van der Waals surface area contributed by atoms with E-state index in [1.807, 2.05) is 0 Å². The third-order valence-electron chi connectivity index (χ3n) is 6.18. The number of carbonyl (C=O) groups excluding carboxylic acids is 1. The molecular formula is C22H17F3N4O4. The summed E-state index contributed by atoms with van der Waals surface area (Å²) in [6.45, 7) is 2.27. The highest BCUT2D eigenvalue weighted by Gasteiger charge is 2.56. The highest BCUT2D eigenvalue weighted by atomic mass is 19.1. The SMILES string of the molecule is CC(=O)NC1[C@H]2CN(c3nc4c(cc3F)c(=O)c(C(=O)O)cn4-c3ccc(F)cc3F)C[C@@H]12. The Morgan fingerprint density at radius 3 is 2.42 bits per heavy atom. The van der Waals surface area contributed by atoms with Gasteiger partial charge in [0.15, 0.2) is 17.3 Å². The van der Waals surface area contributed by atoms with Gasteiger partial charge in [-0.15, -0.1) is 0 Å². The molecule has 11 heteroatoms. The second-order valence-electron chi connectivity index (χ2n) is 8.27. The van der Waals surface area contributed by atoms with Gasteiger partial charge in [-0.3, -0.25) is 14.2 Å². The topological polar surface area (TPSA) is 105 Å². The van der Waals surface area contributed by atoms with Crippen LogP contribution in [-0.2, 0) is 4.79 Å². The summed E-state index contributed by atoms with van der Waals surface area (Å²) in [5.41, 5.74) is -2.08. The van der Waals surface area contributed by atoms with E-state index >= 15 is 4.39 Å². The van der Waals surface area contributed by atoms with Gasteiger partial charge in [0, 0.05) is 50.2 Å². The van der Waals surface area contributed by atoms with E-state index in [4.69, 9.17) is 0 Å². The number of amides is 1. The number of aromatic carboxylic acids is 1. The van der Waals surface area contributed by atoms with E-state index in [1.165, 1.54) is 6.92 Å². The van der Waals surface area contributed by atoms with Crippen LogP contribution in [0.25, 0.3) is 16.7 Å². The maximum Gasteiger partial charge on any atom is 0.341 e. The Bertz CT molecular complexity index is 1390. The number of halogens is 3. The predicted molar refractivity (Wildman–Crippen MR) is 111 cm³/mol. The fraction of sp³-hybridized carbons (Fsp3) is 0.273. The van der Waals surface area contributed by atoms with E-state index in [9.17, 15) is 28.3 Å². The van der Waals surface area contributed by atoms with Gasteiger partial charge in [0.2, 0.25) is 11.3 Å². The summed E-state index contributed by atoms with van der Waals surface area (Å²) in [5, 5.41) is 11.9. The molecule has 1 unspecified atom stereocenters. The summed E-state index contributed by atoms with van der Waals surface area (Å²) in [6, 6.07) is 3.57. The highest BCUT2D eigenvalue weighted by Crippen LogP contribution is 2.47. The van der Waals surface area contributed by atoms with Gasteiger partial charge >= 0.3 is 5.97 Å². The van der Waals surface area contributed by atoms with Crippen molar-refractivity contribution in [1.29, 1.82) is 0 Å². The van der Waals surface area contributed by atoms with Gasteiger partial charge in [-0.2, -0.15) is 0 Å². The number of nitrogens with one attached hydrogen (secondary N) is 1. The average molecular weight is 458 g/mol. The second-order valence-corrected chi connectivity index (χ2v) is 8.27. The molecule has 0 radical (unpaired) electrons. The minimum absolute atomic E-state index is 0.0203. The lowest BCUT2D eigenvalue weighted by Gasteiger charge is -2.23. The number of rotatable bonds is 4. The predicted octanol–water partition coefficient (Wildman–Crippen LogP) is 2.07. The molecule has 8 nitrogen and oxygen atoms in total. The van der Waals surface area contributed by atoms with Crippen LogP contribution < -0.4 is 15.6 Å². The van der Waals surface area contributed by atoms with Crippen molar-refractivity contribution in [3.63, 3.8) is 0 Å². The Balaban J connectivity index is 1.64. The zero-order valence-electron chi connectivity index (χ0n) is 17.2. The van der Waals surface area contributed by atoms with Crippen LogP contribution in [-0.4, -0.2) is 45.7 Å². The zero-order valence-corrected chi connectivity index (χ0v) is 17.2. The Hall–Kier alpha value is -3.89. The molecule has 3 aromatic rings. The molecule has 2 N–H and O–H groups in total. The van der Waals surface area contributed by atoms with E-state index in [0.717, 1.165) is 29.0 Å². The number of hydrogen-bond acceptors (Lipinski definition) is 5. The minimum atomic E-state index is -1.58. The lowest BCUT2D eigenvalue weighted by Crippen LogP contribution is -2.34. The summed E-state index contributed by atoms with van der Waals surface area (Å²) in [7, 11) is 0. The first kappa shape index (κ1) is 21.0. The molecule has 1 aliphatic heterocycles. The first-order valence-corrected chi connectivity index (χ1v) is 10.1. The lowest BCUT2D eigenvalue weighted by molar-refractivity contribution is -0.119. The number of nitrogens with zero attached hydrogens (tertiary/aromatic N) is 3. The average Bonchev–Trinajstić information content (AvgIpc) is 3.16. The number of aromatic nitrogens is 2. The quantitative estimate of drug-likeness (QED) is 0.621. The number of piperidine rings is 1. The van der Waals surface area contributed by atoms with Gasteiger partial charge in [-0.25, -0.2) is 22.9 Å². The normalized spacial score (nSPS) is 21.2. The third kappa shape index (κ3) is 3.40. The molecule has 1 saturated carbocycles. The van der Waals surface area contributed by atoms with Crippen LogP contribution in [0.2, 0.25) is 0 Å². The maximum absolute atomic E-state index is 15.0. The van der Waals surface area contributed by atoms with Crippen LogP contribution in [0.3, 0.4) is 0 Å². The summed E-state index contributed by atoms with van der Waals surface area (Å²) < 4.78 is 44.0. The molecule has 2 aliphatic rings. The number of anilines is 1. The molecule has 5 rings (SSSR count). The van der Waals surface area contributed by atoms with Crippen LogP contribution in [0.5, 0.6) is 0 Å². The van der Waals surface area contributed by atoms with Gasteiger partial charge in [0.25, 0.3) is 0 Å². The Labute approximate surface area is 184 Å².